The van der Waals surface area contributed by atoms with Gasteiger partial charge in [-0.25, -0.2) is 8.42 Å². The van der Waals surface area contributed by atoms with Crippen LogP contribution < -0.4 is 15.4 Å². The molecule has 0 radical (unpaired) electrons. The summed E-state index contributed by atoms with van der Waals surface area (Å²) in [7, 11) is -1.56. The van der Waals surface area contributed by atoms with E-state index in [0.29, 0.717) is 36.3 Å². The summed E-state index contributed by atoms with van der Waals surface area (Å²) < 4.78 is 26.2. The van der Waals surface area contributed by atoms with Crippen LogP contribution in [0.1, 0.15) is 25.3 Å². The highest BCUT2D eigenvalue weighted by atomic mass is 32.2. The second-order valence-electron chi connectivity index (χ2n) is 4.80. The van der Waals surface area contributed by atoms with Gasteiger partial charge in [0.25, 0.3) is 0 Å². The maximum absolute atomic E-state index is 11.8. The monoisotopic (exact) mass is 313 g/mol. The van der Waals surface area contributed by atoms with Crippen LogP contribution in [0.25, 0.3) is 0 Å². The van der Waals surface area contributed by atoms with Crippen molar-refractivity contribution in [1.82, 2.24) is 5.32 Å². The number of sulfonamides is 1. The second kappa shape index (κ2) is 7.99. The Morgan fingerprint density at radius 2 is 1.90 bits per heavy atom. The van der Waals surface area contributed by atoms with Crippen LogP contribution in [0, 0.1) is 6.92 Å². The molecule has 0 bridgehead atoms. The quantitative estimate of drug-likeness (QED) is 0.681. The van der Waals surface area contributed by atoms with Gasteiger partial charge in [0.15, 0.2) is 0 Å². The lowest BCUT2D eigenvalue weighted by atomic mass is 10.1. The summed E-state index contributed by atoms with van der Waals surface area (Å²) in [5.41, 5.74) is 1.82. The third-order valence-corrected chi connectivity index (χ3v) is 4.42. The number of anilines is 2. The van der Waals surface area contributed by atoms with Crippen LogP contribution in [0.4, 0.5) is 11.4 Å². The molecule has 1 aromatic carbocycles. The van der Waals surface area contributed by atoms with E-state index < -0.39 is 10.0 Å². The lowest BCUT2D eigenvalue weighted by molar-refractivity contribution is -0.116. The first-order valence-electron chi connectivity index (χ1n) is 6.94. The van der Waals surface area contributed by atoms with Crippen molar-refractivity contribution in [2.45, 2.75) is 26.7 Å². The molecular weight excluding hydrogens is 290 g/mol. The number of benzene rings is 1. The number of carbonyl (C=O) groups excluding carboxylic acids is 1. The first-order valence-corrected chi connectivity index (χ1v) is 8.59. The van der Waals surface area contributed by atoms with Crippen molar-refractivity contribution in [3.05, 3.63) is 23.8 Å². The zero-order chi connectivity index (χ0) is 15.9. The van der Waals surface area contributed by atoms with Gasteiger partial charge in [-0.15, -0.1) is 0 Å². The number of carbonyl (C=O) groups is 1. The standard InChI is InChI=1S/C14H23N3O3S/c1-4-10-21(19,20)17-13-7-5-6-12(11(13)2)16-14(18)8-9-15-3/h5-7,15,17H,4,8-10H2,1-3H3,(H,16,18). The fraction of sp³-hybridized carbons (Fsp3) is 0.500. The number of hydrogen-bond acceptors (Lipinski definition) is 4. The smallest absolute Gasteiger partial charge is 0.232 e. The van der Waals surface area contributed by atoms with E-state index in [2.05, 4.69) is 15.4 Å². The van der Waals surface area contributed by atoms with Gasteiger partial charge in [0.2, 0.25) is 15.9 Å². The molecule has 0 aliphatic heterocycles. The fourth-order valence-electron chi connectivity index (χ4n) is 1.82. The minimum atomic E-state index is -3.34. The Kier molecular flexibility index (Phi) is 6.64. The summed E-state index contributed by atoms with van der Waals surface area (Å²) in [6, 6.07) is 5.15. The van der Waals surface area contributed by atoms with Crippen molar-refractivity contribution in [3.63, 3.8) is 0 Å². The Morgan fingerprint density at radius 1 is 1.24 bits per heavy atom. The summed E-state index contributed by atoms with van der Waals surface area (Å²) in [5.74, 6) is -0.0356. The molecule has 0 saturated heterocycles. The highest BCUT2D eigenvalue weighted by Crippen LogP contribution is 2.24. The predicted octanol–water partition coefficient (Wildman–Crippen LogP) is 1.69. The molecule has 0 aliphatic rings. The van der Waals surface area contributed by atoms with Crippen LogP contribution in [0.5, 0.6) is 0 Å². The van der Waals surface area contributed by atoms with E-state index in [9.17, 15) is 13.2 Å². The Labute approximate surface area is 126 Å². The van der Waals surface area contributed by atoms with Gasteiger partial charge >= 0.3 is 0 Å². The SMILES string of the molecule is CCCS(=O)(=O)Nc1cccc(NC(=O)CCNC)c1C. The molecule has 0 spiro atoms. The van der Waals surface area contributed by atoms with Gasteiger partial charge in [0.05, 0.1) is 11.4 Å². The van der Waals surface area contributed by atoms with Gasteiger partial charge in [0, 0.05) is 18.7 Å². The Balaban J connectivity index is 2.86. The molecule has 118 valence electrons. The molecule has 0 unspecified atom stereocenters. The lowest BCUT2D eigenvalue weighted by Gasteiger charge is -2.14. The van der Waals surface area contributed by atoms with Gasteiger partial charge in [0.1, 0.15) is 0 Å². The number of hydrogen-bond donors (Lipinski definition) is 3. The molecule has 21 heavy (non-hydrogen) atoms. The topological polar surface area (TPSA) is 87.3 Å². The van der Waals surface area contributed by atoms with Gasteiger partial charge < -0.3 is 10.6 Å². The van der Waals surface area contributed by atoms with E-state index >= 15 is 0 Å². The first kappa shape index (κ1) is 17.5. The zero-order valence-corrected chi connectivity index (χ0v) is 13.5. The molecule has 0 aromatic heterocycles. The molecule has 7 heteroatoms. The van der Waals surface area contributed by atoms with Gasteiger partial charge in [-0.3, -0.25) is 9.52 Å². The van der Waals surface area contributed by atoms with Crippen molar-refractivity contribution >= 4 is 27.3 Å². The summed E-state index contributed by atoms with van der Waals surface area (Å²) in [6.45, 7) is 4.18. The van der Waals surface area contributed by atoms with Crippen molar-refractivity contribution in [1.29, 1.82) is 0 Å². The molecule has 1 aromatic rings. The lowest BCUT2D eigenvalue weighted by Crippen LogP contribution is -2.20. The predicted molar refractivity (Wildman–Crippen MR) is 86.1 cm³/mol. The first-order chi connectivity index (χ1) is 9.89. The molecule has 0 heterocycles. The third-order valence-electron chi connectivity index (χ3n) is 2.95. The highest BCUT2D eigenvalue weighted by Gasteiger charge is 2.13. The Bertz CT molecular complexity index is 585. The fourth-order valence-corrected chi connectivity index (χ4v) is 3.02. The van der Waals surface area contributed by atoms with Crippen LogP contribution in [0.2, 0.25) is 0 Å². The summed E-state index contributed by atoms with van der Waals surface area (Å²) >= 11 is 0. The maximum atomic E-state index is 11.8. The van der Waals surface area contributed by atoms with Crippen LogP contribution in [-0.2, 0) is 14.8 Å². The molecule has 1 rings (SSSR count). The second-order valence-corrected chi connectivity index (χ2v) is 6.64. The molecule has 0 aliphatic carbocycles. The van der Waals surface area contributed by atoms with Crippen molar-refractivity contribution in [2.75, 3.05) is 29.4 Å². The average molecular weight is 313 g/mol. The normalized spacial score (nSPS) is 11.2. The average Bonchev–Trinajstić information content (AvgIpc) is 2.40. The van der Waals surface area contributed by atoms with Crippen LogP contribution in [0.3, 0.4) is 0 Å². The summed E-state index contributed by atoms with van der Waals surface area (Å²) in [5, 5.41) is 5.69. The molecule has 0 atom stereocenters. The summed E-state index contributed by atoms with van der Waals surface area (Å²) in [6.07, 6.45) is 0.913. The molecule has 0 saturated carbocycles. The molecule has 3 N–H and O–H groups in total. The van der Waals surface area contributed by atoms with Crippen LogP contribution >= 0.6 is 0 Å². The third kappa shape index (κ3) is 5.73. The zero-order valence-electron chi connectivity index (χ0n) is 12.7. The Morgan fingerprint density at radius 3 is 2.52 bits per heavy atom. The minimum absolute atomic E-state index is 0.0746. The Hall–Kier alpha value is -1.60. The van der Waals surface area contributed by atoms with Gasteiger partial charge in [-0.05, 0) is 38.1 Å². The van der Waals surface area contributed by atoms with E-state index in [0.717, 1.165) is 0 Å². The van der Waals surface area contributed by atoms with E-state index in [1.807, 2.05) is 6.92 Å². The summed E-state index contributed by atoms with van der Waals surface area (Å²) in [4.78, 5) is 11.7. The van der Waals surface area contributed by atoms with E-state index in [-0.39, 0.29) is 11.7 Å². The van der Waals surface area contributed by atoms with Gasteiger partial charge in [-0.1, -0.05) is 13.0 Å². The van der Waals surface area contributed by atoms with E-state index in [4.69, 9.17) is 0 Å². The highest BCUT2D eigenvalue weighted by molar-refractivity contribution is 7.92. The van der Waals surface area contributed by atoms with Crippen molar-refractivity contribution in [3.8, 4) is 0 Å². The van der Waals surface area contributed by atoms with Crippen LogP contribution in [-0.4, -0.2) is 33.7 Å². The number of rotatable bonds is 8. The minimum Gasteiger partial charge on any atom is -0.326 e. The van der Waals surface area contributed by atoms with E-state index in [1.165, 1.54) is 0 Å². The maximum Gasteiger partial charge on any atom is 0.232 e. The number of nitrogens with one attached hydrogen (secondary N) is 3. The van der Waals surface area contributed by atoms with E-state index in [1.54, 1.807) is 32.2 Å². The largest absolute Gasteiger partial charge is 0.326 e. The molecule has 0 fully saturated rings. The number of amides is 1. The molecule has 6 nitrogen and oxygen atoms in total. The molecule has 1 amide bonds. The van der Waals surface area contributed by atoms with Crippen LogP contribution in [0.15, 0.2) is 18.2 Å². The molecular formula is C14H23N3O3S. The van der Waals surface area contributed by atoms with Gasteiger partial charge in [-0.2, -0.15) is 0 Å². The van der Waals surface area contributed by atoms with Crippen molar-refractivity contribution < 1.29 is 13.2 Å². The van der Waals surface area contributed by atoms with Crippen molar-refractivity contribution in [2.24, 2.45) is 0 Å².